The van der Waals surface area contributed by atoms with Crippen LogP contribution in [0.4, 0.5) is 0 Å². The molecular weight excluding hydrogens is 620 g/mol. The van der Waals surface area contributed by atoms with Gasteiger partial charge in [-0.1, -0.05) is 63.1 Å². The van der Waals surface area contributed by atoms with Crippen LogP contribution in [0.3, 0.4) is 0 Å². The Kier molecular flexibility index (Phi) is 7.20. The SMILES string of the molecule is CCCCn1c2ccc(-c3cc4ccccc4o3)cc2c(=O)c2cc3c(cc21)c(=O)c1cc(-c2cc4ccccc4o2)ccc1n3CCCC. The molecule has 0 amide bonds. The number of unbranched alkanes of at least 4 members (excludes halogenated alkanes) is 2. The van der Waals surface area contributed by atoms with E-state index in [1.165, 1.54) is 0 Å². The molecule has 0 saturated heterocycles. The lowest BCUT2D eigenvalue weighted by atomic mass is 10.0. The highest BCUT2D eigenvalue weighted by Crippen LogP contribution is 2.34. The molecule has 0 atom stereocenters. The van der Waals surface area contributed by atoms with Crippen LogP contribution in [-0.2, 0) is 13.1 Å². The fraction of sp³-hybridized carbons (Fsp3) is 0.182. The van der Waals surface area contributed by atoms with Gasteiger partial charge in [-0.25, -0.2) is 0 Å². The Bertz CT molecular complexity index is 2640. The number of aryl methyl sites for hydroxylation is 2. The van der Waals surface area contributed by atoms with E-state index >= 15 is 0 Å². The second-order valence-electron chi connectivity index (χ2n) is 13.3. The highest BCUT2D eigenvalue weighted by atomic mass is 16.3. The molecule has 0 unspecified atom stereocenters. The first-order valence-corrected chi connectivity index (χ1v) is 17.6. The molecule has 9 aromatic rings. The van der Waals surface area contributed by atoms with Crippen molar-refractivity contribution in [3.8, 4) is 22.6 Å². The van der Waals surface area contributed by atoms with E-state index in [0.29, 0.717) is 21.5 Å². The molecule has 6 nitrogen and oxygen atoms in total. The lowest BCUT2D eigenvalue weighted by Gasteiger charge is -2.19. The van der Waals surface area contributed by atoms with Crippen LogP contribution in [0.1, 0.15) is 39.5 Å². The number of hydrogen-bond donors (Lipinski definition) is 0. The first-order chi connectivity index (χ1) is 24.5. The molecule has 0 saturated carbocycles. The summed E-state index contributed by atoms with van der Waals surface area (Å²) in [6.07, 6.45) is 3.88. The van der Waals surface area contributed by atoms with E-state index in [9.17, 15) is 9.59 Å². The Morgan fingerprint density at radius 3 is 1.32 bits per heavy atom. The van der Waals surface area contributed by atoms with Crippen LogP contribution < -0.4 is 10.9 Å². The minimum Gasteiger partial charge on any atom is -0.456 e. The topological polar surface area (TPSA) is 70.3 Å². The minimum atomic E-state index is -0.0440. The number of furan rings is 2. The summed E-state index contributed by atoms with van der Waals surface area (Å²) in [5.74, 6) is 1.46. The molecule has 0 N–H and O–H groups in total. The third kappa shape index (κ3) is 4.78. The minimum absolute atomic E-state index is 0.0440. The van der Waals surface area contributed by atoms with Crippen molar-refractivity contribution in [3.05, 3.63) is 130 Å². The maximum atomic E-state index is 14.5. The quantitative estimate of drug-likeness (QED) is 0.153. The zero-order valence-electron chi connectivity index (χ0n) is 28.2. The summed E-state index contributed by atoms with van der Waals surface area (Å²) in [4.78, 5) is 29.0. The van der Waals surface area contributed by atoms with E-state index in [0.717, 1.165) is 105 Å². The molecule has 5 aromatic carbocycles. The maximum Gasteiger partial charge on any atom is 0.197 e. The van der Waals surface area contributed by atoms with E-state index in [4.69, 9.17) is 8.83 Å². The van der Waals surface area contributed by atoms with Crippen molar-refractivity contribution < 1.29 is 8.83 Å². The highest BCUT2D eigenvalue weighted by molar-refractivity contribution is 6.05. The summed E-state index contributed by atoms with van der Waals surface area (Å²) in [5, 5.41) is 4.57. The summed E-state index contributed by atoms with van der Waals surface area (Å²) < 4.78 is 16.8. The molecule has 50 heavy (non-hydrogen) atoms. The molecule has 246 valence electrons. The Hall–Kier alpha value is -5.88. The summed E-state index contributed by atoms with van der Waals surface area (Å²) in [7, 11) is 0. The number of rotatable bonds is 8. The Labute approximate surface area is 287 Å². The van der Waals surface area contributed by atoms with Gasteiger partial charge in [0.05, 0.1) is 22.1 Å². The molecule has 0 aliphatic carbocycles. The van der Waals surface area contributed by atoms with E-state index in [-0.39, 0.29) is 10.9 Å². The molecule has 0 bridgehead atoms. The average Bonchev–Trinajstić information content (AvgIpc) is 3.79. The molecule has 6 heteroatoms. The molecule has 4 heterocycles. The first-order valence-electron chi connectivity index (χ1n) is 17.6. The predicted octanol–water partition coefficient (Wildman–Crippen LogP) is 11.0. The number of fused-ring (bicyclic) bond motifs is 6. The van der Waals surface area contributed by atoms with Crippen molar-refractivity contribution in [2.45, 2.75) is 52.6 Å². The van der Waals surface area contributed by atoms with Crippen molar-refractivity contribution in [1.29, 1.82) is 0 Å². The van der Waals surface area contributed by atoms with Crippen molar-refractivity contribution in [3.63, 3.8) is 0 Å². The zero-order valence-corrected chi connectivity index (χ0v) is 28.2. The molecule has 0 spiro atoms. The van der Waals surface area contributed by atoms with Crippen LogP contribution in [-0.4, -0.2) is 9.13 Å². The molecule has 0 aliphatic rings. The van der Waals surface area contributed by atoms with Crippen molar-refractivity contribution in [2.24, 2.45) is 0 Å². The van der Waals surface area contributed by atoms with Gasteiger partial charge in [0.15, 0.2) is 10.9 Å². The molecule has 4 aromatic heterocycles. The van der Waals surface area contributed by atoms with Gasteiger partial charge in [-0.2, -0.15) is 0 Å². The third-order valence-electron chi connectivity index (χ3n) is 10.1. The van der Waals surface area contributed by atoms with Gasteiger partial charge in [0.25, 0.3) is 0 Å². The van der Waals surface area contributed by atoms with Gasteiger partial charge >= 0.3 is 0 Å². The summed E-state index contributed by atoms with van der Waals surface area (Å²) in [5.41, 5.74) is 6.54. The molecule has 0 fully saturated rings. The van der Waals surface area contributed by atoms with Crippen LogP contribution in [0.25, 0.3) is 88.2 Å². The number of benzene rings is 5. The van der Waals surface area contributed by atoms with Gasteiger partial charge in [-0.3, -0.25) is 9.59 Å². The van der Waals surface area contributed by atoms with Crippen LogP contribution >= 0.6 is 0 Å². The van der Waals surface area contributed by atoms with Gasteiger partial charge in [-0.05, 0) is 85.6 Å². The average molecular weight is 657 g/mol. The first kappa shape index (κ1) is 30.2. The zero-order chi connectivity index (χ0) is 33.9. The third-order valence-corrected chi connectivity index (χ3v) is 10.1. The van der Waals surface area contributed by atoms with Gasteiger partial charge in [0, 0.05) is 56.5 Å². The smallest absolute Gasteiger partial charge is 0.197 e. The number of nitrogens with zero attached hydrogens (tertiary/aromatic N) is 2. The largest absolute Gasteiger partial charge is 0.456 e. The fourth-order valence-electron chi connectivity index (χ4n) is 7.51. The van der Waals surface area contributed by atoms with E-state index in [2.05, 4.69) is 23.0 Å². The number of para-hydroxylation sites is 2. The molecule has 0 radical (unpaired) electrons. The van der Waals surface area contributed by atoms with E-state index < -0.39 is 0 Å². The predicted molar refractivity (Wildman–Crippen MR) is 205 cm³/mol. The molecule has 9 rings (SSSR count). The number of hydrogen-bond acceptors (Lipinski definition) is 4. The standard InChI is InChI=1S/C44H36N2O4/c1-3-5-19-45-35-17-15-29(41-23-27-11-7-9-13-39(27)49-41)21-31(35)43(47)33-26-38-34(25-37(33)45)44(48)32-22-30(16-18-36(32)46(38)20-6-4-2)42-24-28-12-8-10-14-40(28)50-42/h7-18,21-26H,3-6,19-20H2,1-2H3. The Balaban J connectivity index is 1.31. The van der Waals surface area contributed by atoms with Crippen LogP contribution in [0.2, 0.25) is 0 Å². The van der Waals surface area contributed by atoms with Crippen LogP contribution in [0, 0.1) is 0 Å². The van der Waals surface area contributed by atoms with Crippen molar-refractivity contribution in [2.75, 3.05) is 0 Å². The normalized spacial score (nSPS) is 12.0. The Morgan fingerprint density at radius 2 is 0.900 bits per heavy atom. The monoisotopic (exact) mass is 656 g/mol. The van der Waals surface area contributed by atoms with Gasteiger partial charge < -0.3 is 18.0 Å². The van der Waals surface area contributed by atoms with Crippen LogP contribution in [0.15, 0.2) is 128 Å². The maximum absolute atomic E-state index is 14.5. The summed E-state index contributed by atoms with van der Waals surface area (Å²) >= 11 is 0. The lowest BCUT2D eigenvalue weighted by molar-refractivity contribution is 0.631. The van der Waals surface area contributed by atoms with E-state index in [1.54, 1.807) is 0 Å². The van der Waals surface area contributed by atoms with Gasteiger partial charge in [0.1, 0.15) is 22.7 Å². The molecule has 0 aliphatic heterocycles. The van der Waals surface area contributed by atoms with Crippen molar-refractivity contribution >= 4 is 65.6 Å². The fourth-order valence-corrected chi connectivity index (χ4v) is 7.51. The number of pyridine rings is 2. The second kappa shape index (κ2) is 11.9. The van der Waals surface area contributed by atoms with Crippen molar-refractivity contribution in [1.82, 2.24) is 9.13 Å². The summed E-state index contributed by atoms with van der Waals surface area (Å²) in [6.45, 7) is 5.79. The Morgan fingerprint density at radius 1 is 0.480 bits per heavy atom. The van der Waals surface area contributed by atoms with E-state index in [1.807, 2.05) is 109 Å². The van der Waals surface area contributed by atoms with Gasteiger partial charge in [-0.15, -0.1) is 0 Å². The van der Waals surface area contributed by atoms with Crippen LogP contribution in [0.5, 0.6) is 0 Å². The lowest BCUT2D eigenvalue weighted by Crippen LogP contribution is -2.16. The summed E-state index contributed by atoms with van der Waals surface area (Å²) in [6, 6.07) is 35.9. The molecular formula is C44H36N2O4. The second-order valence-corrected chi connectivity index (χ2v) is 13.3. The highest BCUT2D eigenvalue weighted by Gasteiger charge is 2.19. The van der Waals surface area contributed by atoms with Gasteiger partial charge in [0.2, 0.25) is 0 Å². The number of aromatic nitrogens is 2.